The Morgan fingerprint density at radius 3 is 2.70 bits per heavy atom. The molecule has 2 N–H and O–H groups in total. The van der Waals surface area contributed by atoms with Gasteiger partial charge < -0.3 is 5.73 Å². The molecule has 0 fully saturated rings. The fraction of sp³-hybridized carbons (Fsp3) is 0.233. The molecule has 1 aromatic carbocycles. The molecule has 0 bridgehead atoms. The number of amidine groups is 1. The van der Waals surface area contributed by atoms with Gasteiger partial charge in [0.25, 0.3) is 0 Å². The first-order valence-corrected chi connectivity index (χ1v) is 12.6. The number of benzene rings is 1. The van der Waals surface area contributed by atoms with Crippen LogP contribution in [0.1, 0.15) is 58.1 Å². The number of allylic oxidation sites excluding steroid dienone is 9. The van der Waals surface area contributed by atoms with Crippen LogP contribution >= 0.6 is 11.6 Å². The van der Waals surface area contributed by atoms with E-state index in [1.807, 2.05) is 49.4 Å². The molecule has 1 aliphatic carbocycles. The zero-order valence-electron chi connectivity index (χ0n) is 21.6. The third-order valence-corrected chi connectivity index (χ3v) is 6.10. The molecule has 0 saturated carbocycles. The molecule has 3 rings (SSSR count). The maximum absolute atomic E-state index is 14.4. The van der Waals surface area contributed by atoms with E-state index >= 15 is 0 Å². The van der Waals surface area contributed by atoms with Crippen LogP contribution in [0.2, 0.25) is 0 Å². The predicted octanol–water partition coefficient (Wildman–Crippen LogP) is 7.96. The Balaban J connectivity index is 2.35. The number of hydrogen-bond acceptors (Lipinski definition) is 3. The average molecular weight is 519 g/mol. The van der Waals surface area contributed by atoms with E-state index in [0.717, 1.165) is 34.9 Å². The Morgan fingerprint density at radius 1 is 1.27 bits per heavy atom. The number of anilines is 1. The number of rotatable bonds is 9. The number of pyridine rings is 1. The third kappa shape index (κ3) is 6.71. The highest BCUT2D eigenvalue weighted by molar-refractivity contribution is 6.30. The summed E-state index contributed by atoms with van der Waals surface area (Å²) in [6, 6.07) is 5.84. The Kier molecular flexibility index (Phi) is 9.75. The SMILES string of the molecule is CCC=C/C(=C\N=C(C)N)c1ccc2ncc(/C=C\CC)c(N(C=O)C3=C(Cl)CC=C(F)C(C)=C3)c2c1. The van der Waals surface area contributed by atoms with Crippen LogP contribution in [0.25, 0.3) is 22.6 Å². The molecule has 0 unspecified atom stereocenters. The molecule has 5 nitrogen and oxygen atoms in total. The van der Waals surface area contributed by atoms with Crippen molar-refractivity contribution in [1.82, 2.24) is 4.98 Å². The van der Waals surface area contributed by atoms with Gasteiger partial charge >= 0.3 is 0 Å². The summed E-state index contributed by atoms with van der Waals surface area (Å²) in [5, 5.41) is 1.11. The number of carbonyl (C=O) groups excluding carboxylic acids is 1. The van der Waals surface area contributed by atoms with Crippen LogP contribution in [0, 0.1) is 0 Å². The summed E-state index contributed by atoms with van der Waals surface area (Å²) in [7, 11) is 0. The van der Waals surface area contributed by atoms with Crippen LogP contribution in [-0.4, -0.2) is 17.2 Å². The second-order valence-corrected chi connectivity index (χ2v) is 9.08. The molecule has 0 radical (unpaired) electrons. The number of amides is 1. The highest BCUT2D eigenvalue weighted by Gasteiger charge is 2.22. The molecular weight excluding hydrogens is 487 g/mol. The van der Waals surface area contributed by atoms with Gasteiger partial charge in [-0.15, -0.1) is 0 Å². The molecule has 1 amide bonds. The summed E-state index contributed by atoms with van der Waals surface area (Å²) in [6.07, 6.45) is 17.0. The smallest absolute Gasteiger partial charge is 0.218 e. The Labute approximate surface area is 222 Å². The van der Waals surface area contributed by atoms with Gasteiger partial charge in [-0.2, -0.15) is 0 Å². The van der Waals surface area contributed by atoms with E-state index in [9.17, 15) is 9.18 Å². The highest BCUT2D eigenvalue weighted by atomic mass is 35.5. The van der Waals surface area contributed by atoms with Crippen LogP contribution in [0.4, 0.5) is 10.1 Å². The summed E-state index contributed by atoms with van der Waals surface area (Å²) >= 11 is 6.60. The number of hydrogen-bond donors (Lipinski definition) is 1. The van der Waals surface area contributed by atoms with Gasteiger partial charge in [0.1, 0.15) is 5.83 Å². The average Bonchev–Trinajstić information content (AvgIpc) is 3.01. The molecular formula is C30H32ClFN4O. The topological polar surface area (TPSA) is 71.6 Å². The minimum Gasteiger partial charge on any atom is -0.387 e. The molecule has 37 heavy (non-hydrogen) atoms. The van der Waals surface area contributed by atoms with Crippen molar-refractivity contribution < 1.29 is 9.18 Å². The van der Waals surface area contributed by atoms with E-state index in [-0.39, 0.29) is 12.2 Å². The fourth-order valence-corrected chi connectivity index (χ4v) is 4.09. The van der Waals surface area contributed by atoms with E-state index in [1.54, 1.807) is 32.3 Å². The van der Waals surface area contributed by atoms with E-state index in [1.165, 1.54) is 11.0 Å². The Morgan fingerprint density at radius 2 is 2.03 bits per heavy atom. The molecule has 0 spiro atoms. The molecule has 7 heteroatoms. The predicted molar refractivity (Wildman–Crippen MR) is 155 cm³/mol. The number of halogens is 2. The van der Waals surface area contributed by atoms with Crippen LogP contribution in [0.15, 0.2) is 88.1 Å². The van der Waals surface area contributed by atoms with Gasteiger partial charge in [0.05, 0.1) is 22.7 Å². The van der Waals surface area contributed by atoms with Crippen molar-refractivity contribution in [3.8, 4) is 0 Å². The number of nitrogens with zero attached hydrogens (tertiary/aromatic N) is 3. The van der Waals surface area contributed by atoms with E-state index in [4.69, 9.17) is 17.3 Å². The fourth-order valence-electron chi connectivity index (χ4n) is 3.87. The largest absolute Gasteiger partial charge is 0.387 e. The second-order valence-electron chi connectivity index (χ2n) is 8.62. The Bertz CT molecular complexity index is 1390. The summed E-state index contributed by atoms with van der Waals surface area (Å²) in [6.45, 7) is 7.47. The van der Waals surface area contributed by atoms with Gasteiger partial charge in [0.2, 0.25) is 6.41 Å². The van der Waals surface area contributed by atoms with Crippen LogP contribution < -0.4 is 10.6 Å². The molecule has 0 saturated heterocycles. The lowest BCUT2D eigenvalue weighted by Crippen LogP contribution is -2.22. The minimum absolute atomic E-state index is 0.181. The summed E-state index contributed by atoms with van der Waals surface area (Å²) in [5.41, 5.74) is 10.4. The van der Waals surface area contributed by atoms with Gasteiger partial charge in [-0.25, -0.2) is 9.38 Å². The lowest BCUT2D eigenvalue weighted by Gasteiger charge is -2.24. The minimum atomic E-state index is -0.361. The van der Waals surface area contributed by atoms with Gasteiger partial charge in [0, 0.05) is 34.8 Å². The van der Waals surface area contributed by atoms with Crippen LogP contribution in [-0.2, 0) is 4.79 Å². The quantitative estimate of drug-likeness (QED) is 0.158. The second kappa shape index (κ2) is 13.0. The molecule has 0 atom stereocenters. The standard InChI is InChI=1S/C30H32ClFN4O/c1-5-7-9-23(17-34-21(4)33)22-11-14-28-25(16-22)30(24(18-35-28)10-8-6-2)36(19-37)29-15-20(3)27(32)13-12-26(29)31/h7-11,13-19H,5-6,12H2,1-4H3,(H2,33,34)/b9-7?,10-8-,23-17+. The lowest BCUT2D eigenvalue weighted by atomic mass is 10.00. The van der Waals surface area contributed by atoms with Crippen LogP contribution in [0.5, 0.6) is 0 Å². The summed E-state index contributed by atoms with van der Waals surface area (Å²) in [5.74, 6) is 0.0859. The van der Waals surface area contributed by atoms with Crippen molar-refractivity contribution in [2.24, 2.45) is 10.7 Å². The van der Waals surface area contributed by atoms with Crippen molar-refractivity contribution in [2.75, 3.05) is 4.90 Å². The molecule has 1 aliphatic rings. The monoisotopic (exact) mass is 518 g/mol. The molecule has 1 aromatic heterocycles. The van der Waals surface area contributed by atoms with Crippen molar-refractivity contribution in [3.05, 3.63) is 94.2 Å². The first kappa shape index (κ1) is 27.8. The van der Waals surface area contributed by atoms with Gasteiger partial charge in [-0.3, -0.25) is 14.7 Å². The number of nitrogens with two attached hydrogens (primary N) is 1. The number of aromatic nitrogens is 1. The maximum atomic E-state index is 14.4. The molecule has 1 heterocycles. The van der Waals surface area contributed by atoms with Crippen molar-refractivity contribution >= 4 is 52.1 Å². The highest BCUT2D eigenvalue weighted by Crippen LogP contribution is 2.37. The number of fused-ring (bicyclic) bond motifs is 1. The molecule has 0 aliphatic heterocycles. The number of carbonyl (C=O) groups is 1. The first-order chi connectivity index (χ1) is 17.8. The van der Waals surface area contributed by atoms with Crippen molar-refractivity contribution in [1.29, 1.82) is 0 Å². The van der Waals surface area contributed by atoms with Crippen LogP contribution in [0.3, 0.4) is 0 Å². The van der Waals surface area contributed by atoms with Crippen molar-refractivity contribution in [2.45, 2.75) is 47.0 Å². The molecule has 2 aromatic rings. The first-order valence-electron chi connectivity index (χ1n) is 12.2. The van der Waals surface area contributed by atoms with Crippen molar-refractivity contribution in [3.63, 3.8) is 0 Å². The third-order valence-electron chi connectivity index (χ3n) is 5.75. The Hall–Kier alpha value is -3.77. The van der Waals surface area contributed by atoms with Gasteiger partial charge in [0.15, 0.2) is 0 Å². The summed E-state index contributed by atoms with van der Waals surface area (Å²) in [4.78, 5) is 23.1. The van der Waals surface area contributed by atoms with E-state index in [0.29, 0.717) is 39.8 Å². The van der Waals surface area contributed by atoms with E-state index < -0.39 is 0 Å². The number of aliphatic imine (C=N–C) groups is 1. The van der Waals surface area contributed by atoms with Gasteiger partial charge in [-0.05, 0) is 67.7 Å². The maximum Gasteiger partial charge on any atom is 0.218 e. The lowest BCUT2D eigenvalue weighted by molar-refractivity contribution is -0.107. The molecule has 192 valence electrons. The zero-order chi connectivity index (χ0) is 26.9. The van der Waals surface area contributed by atoms with E-state index in [2.05, 4.69) is 16.9 Å². The summed E-state index contributed by atoms with van der Waals surface area (Å²) < 4.78 is 14.4. The zero-order valence-corrected chi connectivity index (χ0v) is 22.4. The normalized spacial score (nSPS) is 15.4. The van der Waals surface area contributed by atoms with Gasteiger partial charge in [-0.1, -0.05) is 55.8 Å².